The van der Waals surface area contributed by atoms with Gasteiger partial charge in [0.1, 0.15) is 17.7 Å². The van der Waals surface area contributed by atoms with E-state index < -0.39 is 75.8 Å². The standard InChI is InChI=1S/C21H17ClF6N4O.C12H15F3N2O3S.C10H6ClF3N2O.C2H3N.CH2O3.2K.H/c22-14-2-1-3-15(10-14)32-19(11-17(30-32)21(26,27)28)33-16-6-8-31(9-7-16)18-5-4-13(12-29-18)20(23,24)25;1-21(18,19)20-10-4-6-17(7-5-10)11-3-2-9(8-16-11)12(13,14)15;11-6-2-1-3-7(4-6)16-9(17)5-8(15-16)10(12,13)14;1-2-3;2-1-4-3;;;/h1-5,10-12,16H,6-9H2;2-3,8,10H,4-7H2,1H3;1-4H,5H2;1H3;1,3H;;;/q;;;;;2*+1;-1/p-1. The fourth-order valence-corrected chi connectivity index (χ4v) is 8.12. The first kappa shape index (κ1) is 72.4. The van der Waals surface area contributed by atoms with Crippen LogP contribution in [-0.2, 0) is 47.3 Å². The molecule has 3 aliphatic heterocycles. The number of hydrogen-bond acceptors (Lipinski definition) is 15. The molecule has 8 rings (SSSR count). The van der Waals surface area contributed by atoms with Crippen molar-refractivity contribution in [1.82, 2.24) is 19.7 Å². The number of piperidine rings is 2. The van der Waals surface area contributed by atoms with E-state index in [1.807, 2.05) is 4.90 Å². The first-order valence-corrected chi connectivity index (χ1v) is 24.7. The van der Waals surface area contributed by atoms with E-state index in [0.717, 1.165) is 41.5 Å². The van der Waals surface area contributed by atoms with Crippen LogP contribution in [0.1, 0.15) is 57.3 Å². The molecular formula is C46H43Cl2F12K2N9O8S. The van der Waals surface area contributed by atoms with E-state index in [1.165, 1.54) is 43.3 Å². The van der Waals surface area contributed by atoms with Crippen molar-refractivity contribution in [3.05, 3.63) is 118 Å². The van der Waals surface area contributed by atoms with Gasteiger partial charge < -0.3 is 26.1 Å². The molecular weight excluding hydrogens is 1220 g/mol. The van der Waals surface area contributed by atoms with E-state index >= 15 is 0 Å². The molecule has 0 saturated carbocycles. The molecule has 0 aliphatic carbocycles. The van der Waals surface area contributed by atoms with E-state index in [9.17, 15) is 65.9 Å². The number of ether oxygens (including phenoxy) is 1. The van der Waals surface area contributed by atoms with Crippen LogP contribution in [0.5, 0.6) is 5.88 Å². The third kappa shape index (κ3) is 23.5. The van der Waals surface area contributed by atoms with E-state index in [2.05, 4.69) is 25.1 Å². The molecule has 3 aliphatic rings. The normalized spacial score (nSPS) is 15.0. The van der Waals surface area contributed by atoms with Crippen molar-refractivity contribution in [2.45, 2.75) is 75.9 Å². The smallest absolute Gasteiger partial charge is 1.00 e. The Morgan fingerprint density at radius 2 is 1.15 bits per heavy atom. The topological polar surface area (TPSA) is 208 Å². The SMILES string of the molecule is CC#N.CS(=O)(=O)OC1CCN(c2ccc(C(F)(F)F)cn2)CC1.FC(F)(F)c1ccc(N2CCC(Oc3cc(C(F)(F)F)nn3-c3cccc(Cl)c3)CC2)nc1.O=C1CC(C(F)(F)F)=NN1c1cccc(Cl)c1.O=CO[O-].[H-].[K+].[K+]. The third-order valence-electron chi connectivity index (χ3n) is 10.5. The van der Waals surface area contributed by atoms with E-state index in [4.69, 9.17) is 47.4 Å². The van der Waals surface area contributed by atoms with Gasteiger partial charge in [0.15, 0.2) is 11.4 Å². The van der Waals surface area contributed by atoms with Gasteiger partial charge in [-0.15, -0.1) is 0 Å². The Morgan fingerprint density at radius 3 is 1.51 bits per heavy atom. The molecule has 2 fully saturated rings. The summed E-state index contributed by atoms with van der Waals surface area (Å²) in [4.78, 5) is 34.0. The van der Waals surface area contributed by atoms with Crippen LogP contribution >= 0.6 is 23.2 Å². The summed E-state index contributed by atoms with van der Waals surface area (Å²) in [6, 6.07) is 19.3. The molecule has 5 aromatic rings. The molecule has 0 spiro atoms. The van der Waals surface area contributed by atoms with E-state index in [0.29, 0.717) is 84.2 Å². The van der Waals surface area contributed by atoms with Gasteiger partial charge in [-0.25, -0.2) is 19.7 Å². The molecule has 2 saturated heterocycles. The van der Waals surface area contributed by atoms with E-state index in [1.54, 1.807) is 35.2 Å². The molecule has 80 heavy (non-hydrogen) atoms. The number of benzene rings is 2. The summed E-state index contributed by atoms with van der Waals surface area (Å²) in [5.74, 6) is 0.0425. The zero-order valence-corrected chi connectivity index (χ0v) is 50.8. The van der Waals surface area contributed by atoms with Gasteiger partial charge in [-0.3, -0.25) is 13.8 Å². The Balaban J connectivity index is 0.000000592. The Labute approximate surface area is 545 Å². The molecule has 0 bridgehead atoms. The van der Waals surface area contributed by atoms with E-state index in [-0.39, 0.29) is 128 Å². The van der Waals surface area contributed by atoms with Crippen molar-refractivity contribution in [2.75, 3.05) is 47.2 Å². The number of hydrogen-bond donors (Lipinski definition) is 0. The molecule has 426 valence electrons. The van der Waals surface area contributed by atoms with Crippen LogP contribution in [0.25, 0.3) is 5.69 Å². The molecule has 0 N–H and O–H groups in total. The summed E-state index contributed by atoms with van der Waals surface area (Å²) in [6.07, 6.45) is -15.2. The summed E-state index contributed by atoms with van der Waals surface area (Å²) in [5.41, 5.74) is -3.27. The van der Waals surface area contributed by atoms with Crippen LogP contribution in [0.2, 0.25) is 10.0 Å². The fraction of sp³-hybridized carbons (Fsp3) is 0.370. The second kappa shape index (κ2) is 32.4. The number of nitrogens with zero attached hydrogens (tertiary/aromatic N) is 9. The molecule has 1 amide bonds. The van der Waals surface area contributed by atoms with Crippen LogP contribution in [-0.4, -0.2) is 97.1 Å². The molecule has 0 atom stereocenters. The van der Waals surface area contributed by atoms with Gasteiger partial charge in [0.2, 0.25) is 5.88 Å². The maximum atomic E-state index is 13.3. The maximum Gasteiger partial charge on any atom is 1.00 e. The molecule has 0 radical (unpaired) electrons. The Morgan fingerprint density at radius 1 is 0.713 bits per heavy atom. The minimum Gasteiger partial charge on any atom is -1.00 e. The van der Waals surface area contributed by atoms with Crippen LogP contribution in [0.3, 0.4) is 0 Å². The maximum absolute atomic E-state index is 13.3. The van der Waals surface area contributed by atoms with Crippen LogP contribution in [0.4, 0.5) is 70.0 Å². The van der Waals surface area contributed by atoms with Crippen molar-refractivity contribution >= 4 is 68.7 Å². The summed E-state index contributed by atoms with van der Waals surface area (Å²) in [5, 5.41) is 24.0. The first-order valence-electron chi connectivity index (χ1n) is 22.2. The number of carbonyl (C=O) groups is 2. The molecule has 2 aromatic carbocycles. The van der Waals surface area contributed by atoms with Gasteiger partial charge in [-0.2, -0.15) is 76.6 Å². The number of anilines is 3. The molecule has 17 nitrogen and oxygen atoms in total. The summed E-state index contributed by atoms with van der Waals surface area (Å²) in [6.45, 7) is 3.05. The Hall–Kier alpha value is -3.67. The van der Waals surface area contributed by atoms with Gasteiger partial charge in [0.25, 0.3) is 22.5 Å². The predicted molar refractivity (Wildman–Crippen MR) is 256 cm³/mol. The molecule has 34 heteroatoms. The largest absolute Gasteiger partial charge is 1.00 e. The number of rotatable bonds is 9. The summed E-state index contributed by atoms with van der Waals surface area (Å²) in [7, 11) is -3.49. The second-order valence-electron chi connectivity index (χ2n) is 16.2. The minimum absolute atomic E-state index is 0. The number of hydrazone groups is 1. The average molecular weight is 1260 g/mol. The monoisotopic (exact) mass is 1260 g/mol. The molecule has 0 unspecified atom stereocenters. The first-order chi connectivity index (χ1) is 36.4. The summed E-state index contributed by atoms with van der Waals surface area (Å²) < 4.78 is 186. The quantitative estimate of drug-likeness (QED) is 0.0508. The Kier molecular flexibility index (Phi) is 29.3. The zero-order valence-electron chi connectivity index (χ0n) is 43.2. The molecule has 6 heterocycles. The fourth-order valence-electron chi connectivity index (χ4n) is 7.06. The van der Waals surface area contributed by atoms with Crippen LogP contribution in [0, 0.1) is 11.3 Å². The third-order valence-corrected chi connectivity index (χ3v) is 11.6. The van der Waals surface area contributed by atoms with Gasteiger partial charge in [0.05, 0.1) is 47.4 Å². The average Bonchev–Trinajstić information content (AvgIpc) is 3.99. The number of aromatic nitrogens is 4. The van der Waals surface area contributed by atoms with Crippen molar-refractivity contribution < 1.29 is 194 Å². The summed E-state index contributed by atoms with van der Waals surface area (Å²) >= 11 is 11.7. The van der Waals surface area contributed by atoms with Gasteiger partial charge in [-0.1, -0.05) is 35.3 Å². The van der Waals surface area contributed by atoms with Crippen molar-refractivity contribution in [2.24, 2.45) is 5.10 Å². The molecule has 3 aromatic heterocycles. The zero-order chi connectivity index (χ0) is 58.2. The van der Waals surface area contributed by atoms with Crippen LogP contribution in [0.15, 0.2) is 96.4 Å². The van der Waals surface area contributed by atoms with Gasteiger partial charge in [-0.05, 0) is 73.5 Å². The minimum atomic E-state index is -4.65. The van der Waals surface area contributed by atoms with Crippen LogP contribution < -0.4 is 128 Å². The number of carbonyl (C=O) groups excluding carboxylic acids is 2. The number of nitriles is 1. The predicted octanol–water partition coefficient (Wildman–Crippen LogP) is 4.13. The van der Waals surface area contributed by atoms with Crippen molar-refractivity contribution in [3.63, 3.8) is 0 Å². The number of amides is 1. The van der Waals surface area contributed by atoms with Gasteiger partial charge in [0, 0.05) is 74.4 Å². The second-order valence-corrected chi connectivity index (χ2v) is 18.7. The number of halogens is 14. The number of alkyl halides is 12. The number of pyridine rings is 2. The Bertz CT molecular complexity index is 2970. The van der Waals surface area contributed by atoms with Crippen molar-refractivity contribution in [3.8, 4) is 17.6 Å². The van der Waals surface area contributed by atoms with Gasteiger partial charge >= 0.3 is 127 Å². The van der Waals surface area contributed by atoms with Crippen molar-refractivity contribution in [1.29, 1.82) is 5.26 Å².